The maximum absolute atomic E-state index is 11.2. The number of rotatable bonds is 6. The van der Waals surface area contributed by atoms with Gasteiger partial charge < -0.3 is 19.6 Å². The first-order valence-corrected chi connectivity index (χ1v) is 24.4. The van der Waals surface area contributed by atoms with Crippen molar-refractivity contribution in [3.63, 3.8) is 0 Å². The van der Waals surface area contributed by atoms with Crippen LogP contribution in [-0.2, 0) is 59.1 Å². The molecular formula is C44H74N3O3Si2Y-. The second kappa shape index (κ2) is 21.4. The molecule has 1 aliphatic heterocycles. The molecule has 0 aromatic heterocycles. The molecule has 1 saturated heterocycles. The van der Waals surface area contributed by atoms with Crippen molar-refractivity contribution in [2.45, 2.75) is 182 Å². The van der Waals surface area contributed by atoms with Crippen molar-refractivity contribution < 1.29 is 47.7 Å². The van der Waals surface area contributed by atoms with E-state index in [2.05, 4.69) is 138 Å². The summed E-state index contributed by atoms with van der Waals surface area (Å²) in [5.74, 6) is 0.637. The van der Waals surface area contributed by atoms with Crippen LogP contribution in [0.25, 0.3) is 4.65 Å². The van der Waals surface area contributed by atoms with Gasteiger partial charge >= 0.3 is 0 Å². The molecule has 0 unspecified atom stereocenters. The van der Waals surface area contributed by atoms with Crippen LogP contribution in [0.4, 0.5) is 0 Å². The molecule has 6 nitrogen and oxygen atoms in total. The molecule has 2 atom stereocenters. The number of ether oxygens (including phenoxy) is 1. The van der Waals surface area contributed by atoms with Crippen LogP contribution >= 0.6 is 0 Å². The third kappa shape index (κ3) is 16.8. The Hall–Kier alpha value is -1.16. The third-order valence-electron chi connectivity index (χ3n) is 9.41. The van der Waals surface area contributed by atoms with Gasteiger partial charge in [0.25, 0.3) is 0 Å². The summed E-state index contributed by atoms with van der Waals surface area (Å²) in [6, 6.07) is 8.53. The number of phenols is 2. The summed E-state index contributed by atoms with van der Waals surface area (Å²) in [5, 5.41) is 22.5. The second-order valence-corrected chi connectivity index (χ2v) is 23.9. The zero-order valence-corrected chi connectivity index (χ0v) is 41.3. The summed E-state index contributed by atoms with van der Waals surface area (Å²) >= 11 is 0. The average Bonchev–Trinajstić information content (AvgIpc) is 3.58. The van der Waals surface area contributed by atoms with E-state index in [0.717, 1.165) is 61.2 Å². The molecule has 295 valence electrons. The molecular weight excluding hydrogens is 764 g/mol. The molecule has 1 aliphatic carbocycles. The molecule has 2 aliphatic rings. The van der Waals surface area contributed by atoms with Crippen molar-refractivity contribution >= 4 is 30.3 Å². The smallest absolute Gasteiger partial charge is 0.128 e. The van der Waals surface area contributed by atoms with Crippen molar-refractivity contribution in [3.05, 3.63) is 62.3 Å². The van der Waals surface area contributed by atoms with Crippen LogP contribution in [-0.4, -0.2) is 65.9 Å². The molecule has 9 heteroatoms. The van der Waals surface area contributed by atoms with Gasteiger partial charge in [-0.25, -0.2) is 0 Å². The first-order chi connectivity index (χ1) is 23.8. The molecule has 2 aromatic carbocycles. The van der Waals surface area contributed by atoms with E-state index in [1.807, 2.05) is 12.4 Å². The zero-order chi connectivity index (χ0) is 39.7. The Morgan fingerprint density at radius 2 is 0.925 bits per heavy atom. The van der Waals surface area contributed by atoms with Gasteiger partial charge in [0.05, 0.1) is 12.1 Å². The number of phenolic OH excluding ortho intramolecular Hbond substituents is 2. The minimum atomic E-state index is -0.264. The van der Waals surface area contributed by atoms with Crippen LogP contribution in [0.15, 0.2) is 34.3 Å². The van der Waals surface area contributed by atoms with E-state index >= 15 is 0 Å². The predicted molar refractivity (Wildman–Crippen MR) is 231 cm³/mol. The Labute approximate surface area is 354 Å². The van der Waals surface area contributed by atoms with E-state index in [-0.39, 0.29) is 84.4 Å². The topological polar surface area (TPSA) is 88.5 Å². The van der Waals surface area contributed by atoms with Crippen molar-refractivity contribution in [2.24, 2.45) is 9.98 Å². The van der Waals surface area contributed by atoms with E-state index in [4.69, 9.17) is 14.7 Å². The second-order valence-electron chi connectivity index (χ2n) is 19.2. The van der Waals surface area contributed by atoms with Crippen LogP contribution in [0.1, 0.15) is 155 Å². The Kier molecular flexibility index (Phi) is 20.1. The molecule has 2 fully saturated rings. The minimum absolute atomic E-state index is 0. The van der Waals surface area contributed by atoms with Crippen molar-refractivity contribution in [2.75, 3.05) is 13.2 Å². The molecule has 2 N–H and O–H groups in total. The molecule has 1 heterocycles. The van der Waals surface area contributed by atoms with Gasteiger partial charge in [-0.1, -0.05) is 152 Å². The van der Waals surface area contributed by atoms with Gasteiger partial charge in [0, 0.05) is 80.6 Å². The van der Waals surface area contributed by atoms with Gasteiger partial charge in [0.2, 0.25) is 0 Å². The van der Waals surface area contributed by atoms with E-state index in [1.54, 1.807) is 0 Å². The van der Waals surface area contributed by atoms with Gasteiger partial charge in [-0.2, -0.15) is 0 Å². The predicted octanol–water partition coefficient (Wildman–Crippen LogP) is 11.8. The maximum atomic E-state index is 11.2. The summed E-state index contributed by atoms with van der Waals surface area (Å²) in [7, 11) is -0.528. The van der Waals surface area contributed by atoms with Gasteiger partial charge in [-0.3, -0.25) is 9.98 Å². The largest absolute Gasteiger partial charge is 0.673 e. The van der Waals surface area contributed by atoms with Crippen LogP contribution in [0.3, 0.4) is 0 Å². The number of nitrogens with zero attached hydrogens (tertiary/aromatic N) is 3. The summed E-state index contributed by atoms with van der Waals surface area (Å²) in [5.41, 5.74) is 5.39. The summed E-state index contributed by atoms with van der Waals surface area (Å²) in [6.07, 6.45) is 10.5. The Balaban J connectivity index is 0.000000918. The Morgan fingerprint density at radius 1 is 0.585 bits per heavy atom. The summed E-state index contributed by atoms with van der Waals surface area (Å²) in [4.78, 5) is 10.1. The van der Waals surface area contributed by atoms with E-state index < -0.39 is 0 Å². The summed E-state index contributed by atoms with van der Waals surface area (Å²) in [6.45, 7) is 36.9. The van der Waals surface area contributed by atoms with Crippen LogP contribution in [0, 0.1) is 0 Å². The number of benzene rings is 2. The standard InChI is InChI=1S/C36H54N2O2.C4H12NSi2.C4H8O.Y/c1-33(2,3)25-17-23(31(39)27(19-25)35(7,8)9)21-37-29-15-13-14-16-30(29)38-22-24-18-26(34(4,5)6)20-28(32(24)40)36(10,11)12;1-6(2)5-7(3)4;1-2-4-5-3-1;/h17-22,29-30,39-40H,13-16H2,1-12H3;1-4H3;1-4H2;/q;-1;;/t29-,30-;;;/m0.../s1. The monoisotopic (exact) mass is 837 g/mol. The number of hydrogen-bond acceptors (Lipinski definition) is 5. The first kappa shape index (κ1) is 49.9. The summed E-state index contributed by atoms with van der Waals surface area (Å²) < 4.78 is 9.43. The van der Waals surface area contributed by atoms with Gasteiger partial charge in [-0.15, -0.1) is 0 Å². The Morgan fingerprint density at radius 3 is 1.15 bits per heavy atom. The van der Waals surface area contributed by atoms with Gasteiger partial charge in [0.15, 0.2) is 0 Å². The van der Waals surface area contributed by atoms with Crippen molar-refractivity contribution in [1.29, 1.82) is 0 Å². The number of aliphatic imine (C=N–C) groups is 2. The zero-order valence-electron chi connectivity index (χ0n) is 36.5. The van der Waals surface area contributed by atoms with E-state index in [0.29, 0.717) is 11.5 Å². The quantitative estimate of drug-likeness (QED) is 0.224. The normalized spacial score (nSPS) is 18.5. The molecule has 0 spiro atoms. The minimum Gasteiger partial charge on any atom is -0.673 e. The third-order valence-corrected chi connectivity index (χ3v) is 13.0. The number of aromatic hydroxyl groups is 2. The maximum Gasteiger partial charge on any atom is 0.128 e. The van der Waals surface area contributed by atoms with E-state index in [1.165, 1.54) is 24.0 Å². The van der Waals surface area contributed by atoms with Crippen LogP contribution in [0.2, 0.25) is 26.2 Å². The fourth-order valence-electron chi connectivity index (χ4n) is 6.27. The van der Waals surface area contributed by atoms with Gasteiger partial charge in [-0.05, 0) is 70.6 Å². The molecule has 53 heavy (non-hydrogen) atoms. The molecule has 1 saturated carbocycles. The Bertz CT molecular complexity index is 1360. The van der Waals surface area contributed by atoms with Gasteiger partial charge in [0.1, 0.15) is 11.5 Å². The SMILES string of the molecule is C1CCOC1.CC(C)(C)c1cc(C=N[C@H]2CCCC[C@@H]2N=Cc2cc(C(C)(C)C)cc(C(C)(C)C)c2O)c(O)c(C(C)(C)C)c1.C[Si](C)[N-][Si](C)C.[Y]. The van der Waals surface area contributed by atoms with Crippen LogP contribution in [0.5, 0.6) is 11.5 Å². The molecule has 0 bridgehead atoms. The molecule has 4 rings (SSSR count). The molecule has 2 aromatic rings. The fourth-order valence-corrected chi connectivity index (χ4v) is 9.85. The van der Waals surface area contributed by atoms with Crippen LogP contribution < -0.4 is 0 Å². The molecule has 0 amide bonds. The average molecular weight is 838 g/mol. The van der Waals surface area contributed by atoms with E-state index in [9.17, 15) is 10.2 Å². The van der Waals surface area contributed by atoms with Crippen molar-refractivity contribution in [3.8, 4) is 11.5 Å². The number of hydrogen-bond donors (Lipinski definition) is 2. The fraction of sp³-hybridized carbons (Fsp3) is 0.682. The molecule has 3 radical (unpaired) electrons. The first-order valence-electron chi connectivity index (χ1n) is 19.5. The van der Waals surface area contributed by atoms with Crippen molar-refractivity contribution in [1.82, 2.24) is 0 Å².